The Morgan fingerprint density at radius 2 is 2.50 bits per heavy atom. The van der Waals surface area contributed by atoms with Crippen LogP contribution in [0.3, 0.4) is 0 Å². The van der Waals surface area contributed by atoms with Gasteiger partial charge in [0.1, 0.15) is 6.07 Å². The number of nitrogens with one attached hydrogen (secondary N) is 1. The van der Waals surface area contributed by atoms with E-state index in [9.17, 15) is 4.79 Å². The standard InChI is InChI=1S/C8H5N3O/c9-3-6-7-5(1-2-10-6)4-11-8(7)12/h1-2H,4H2,(H,11,12). The highest BCUT2D eigenvalue weighted by atomic mass is 16.1. The van der Waals surface area contributed by atoms with Crippen molar-refractivity contribution in [2.75, 3.05) is 0 Å². The largest absolute Gasteiger partial charge is 0.348 e. The molecule has 12 heavy (non-hydrogen) atoms. The Morgan fingerprint density at radius 3 is 3.25 bits per heavy atom. The van der Waals surface area contributed by atoms with E-state index in [1.807, 2.05) is 6.07 Å². The third-order valence-corrected chi connectivity index (χ3v) is 1.81. The maximum absolute atomic E-state index is 11.1. The van der Waals surface area contributed by atoms with Gasteiger partial charge in [0.25, 0.3) is 5.91 Å². The molecule has 4 nitrogen and oxygen atoms in total. The molecule has 0 saturated heterocycles. The molecule has 0 fully saturated rings. The summed E-state index contributed by atoms with van der Waals surface area (Å²) in [5.41, 5.74) is 1.49. The van der Waals surface area contributed by atoms with Crippen molar-refractivity contribution in [3.05, 3.63) is 29.1 Å². The molecule has 0 bridgehead atoms. The topological polar surface area (TPSA) is 65.8 Å². The summed E-state index contributed by atoms with van der Waals surface area (Å²) in [6.07, 6.45) is 1.54. The molecular weight excluding hydrogens is 154 g/mol. The fourth-order valence-electron chi connectivity index (χ4n) is 1.25. The highest BCUT2D eigenvalue weighted by Crippen LogP contribution is 2.16. The van der Waals surface area contributed by atoms with Gasteiger partial charge in [-0.25, -0.2) is 4.98 Å². The lowest BCUT2D eigenvalue weighted by molar-refractivity contribution is 0.0965. The van der Waals surface area contributed by atoms with Crippen molar-refractivity contribution in [2.45, 2.75) is 6.54 Å². The first-order valence-electron chi connectivity index (χ1n) is 3.49. The van der Waals surface area contributed by atoms with E-state index in [1.165, 1.54) is 6.20 Å². The molecule has 0 atom stereocenters. The first-order valence-corrected chi connectivity index (χ1v) is 3.49. The average molecular weight is 159 g/mol. The van der Waals surface area contributed by atoms with E-state index in [0.29, 0.717) is 12.1 Å². The summed E-state index contributed by atoms with van der Waals surface area (Å²) in [6.45, 7) is 0.505. The molecule has 1 aromatic heterocycles. The molecule has 0 saturated carbocycles. The molecule has 1 amide bonds. The fourth-order valence-corrected chi connectivity index (χ4v) is 1.25. The van der Waals surface area contributed by atoms with Gasteiger partial charge in [0.05, 0.1) is 5.56 Å². The molecule has 1 N–H and O–H groups in total. The quantitative estimate of drug-likeness (QED) is 0.587. The molecule has 1 aliphatic heterocycles. The maximum Gasteiger partial charge on any atom is 0.254 e. The van der Waals surface area contributed by atoms with E-state index in [2.05, 4.69) is 10.3 Å². The minimum absolute atomic E-state index is 0.199. The van der Waals surface area contributed by atoms with Crippen molar-refractivity contribution in [3.8, 4) is 6.07 Å². The van der Waals surface area contributed by atoms with Crippen LogP contribution in [-0.4, -0.2) is 10.9 Å². The lowest BCUT2D eigenvalue weighted by Gasteiger charge is -1.94. The zero-order chi connectivity index (χ0) is 8.55. The van der Waals surface area contributed by atoms with E-state index in [4.69, 9.17) is 5.26 Å². The zero-order valence-corrected chi connectivity index (χ0v) is 6.16. The average Bonchev–Trinajstić information content (AvgIpc) is 2.48. The van der Waals surface area contributed by atoms with Gasteiger partial charge in [-0.2, -0.15) is 5.26 Å². The normalized spacial score (nSPS) is 13.4. The Kier molecular flexibility index (Phi) is 1.31. The van der Waals surface area contributed by atoms with Gasteiger partial charge in [-0.3, -0.25) is 4.79 Å². The summed E-state index contributed by atoms with van der Waals surface area (Å²) >= 11 is 0. The van der Waals surface area contributed by atoms with Crippen LogP contribution in [0.4, 0.5) is 0 Å². The molecule has 0 aliphatic carbocycles. The Balaban J connectivity index is 2.70. The van der Waals surface area contributed by atoms with E-state index in [-0.39, 0.29) is 11.6 Å². The predicted octanol–water partition coefficient (Wildman–Crippen LogP) is 0.197. The summed E-state index contributed by atoms with van der Waals surface area (Å²) in [7, 11) is 0. The predicted molar refractivity (Wildman–Crippen MR) is 40.1 cm³/mol. The highest BCUT2D eigenvalue weighted by Gasteiger charge is 2.22. The van der Waals surface area contributed by atoms with Crippen molar-refractivity contribution in [3.63, 3.8) is 0 Å². The molecule has 58 valence electrons. The number of carbonyl (C=O) groups is 1. The van der Waals surface area contributed by atoms with Gasteiger partial charge in [-0.05, 0) is 11.6 Å². The van der Waals surface area contributed by atoms with Crippen LogP contribution in [-0.2, 0) is 6.54 Å². The van der Waals surface area contributed by atoms with Gasteiger partial charge in [-0.1, -0.05) is 0 Å². The van der Waals surface area contributed by atoms with E-state index in [1.54, 1.807) is 6.07 Å². The summed E-state index contributed by atoms with van der Waals surface area (Å²) in [6, 6.07) is 3.63. The van der Waals surface area contributed by atoms with E-state index < -0.39 is 0 Å². The van der Waals surface area contributed by atoms with Gasteiger partial charge in [0.15, 0.2) is 5.69 Å². The van der Waals surface area contributed by atoms with Crippen LogP contribution in [0.1, 0.15) is 21.6 Å². The van der Waals surface area contributed by atoms with Gasteiger partial charge in [0, 0.05) is 12.7 Å². The van der Waals surface area contributed by atoms with Crippen LogP contribution >= 0.6 is 0 Å². The number of pyridine rings is 1. The highest BCUT2D eigenvalue weighted by molar-refractivity contribution is 5.99. The molecule has 0 unspecified atom stereocenters. The lowest BCUT2D eigenvalue weighted by atomic mass is 10.1. The third kappa shape index (κ3) is 0.768. The second-order valence-corrected chi connectivity index (χ2v) is 2.49. The zero-order valence-electron chi connectivity index (χ0n) is 6.16. The van der Waals surface area contributed by atoms with E-state index in [0.717, 1.165) is 5.56 Å². The van der Waals surface area contributed by atoms with Gasteiger partial charge in [0.2, 0.25) is 0 Å². The first kappa shape index (κ1) is 6.80. The van der Waals surface area contributed by atoms with Crippen LogP contribution in [0.25, 0.3) is 0 Å². The number of nitriles is 1. The van der Waals surface area contributed by atoms with Crippen molar-refractivity contribution in [1.29, 1.82) is 5.26 Å². The van der Waals surface area contributed by atoms with Crippen LogP contribution in [0.15, 0.2) is 12.3 Å². The lowest BCUT2D eigenvalue weighted by Crippen LogP contribution is -2.13. The van der Waals surface area contributed by atoms with Crippen LogP contribution in [0, 0.1) is 11.3 Å². The SMILES string of the molecule is N#Cc1nccc2c1C(=O)NC2. The molecule has 0 spiro atoms. The monoisotopic (exact) mass is 159 g/mol. The summed E-state index contributed by atoms with van der Waals surface area (Å²) < 4.78 is 0. The number of carbonyl (C=O) groups excluding carboxylic acids is 1. The summed E-state index contributed by atoms with van der Waals surface area (Å²) in [5, 5.41) is 11.3. The second-order valence-electron chi connectivity index (χ2n) is 2.49. The van der Waals surface area contributed by atoms with Gasteiger partial charge >= 0.3 is 0 Å². The second kappa shape index (κ2) is 2.31. The minimum Gasteiger partial charge on any atom is -0.348 e. The molecular formula is C8H5N3O. The van der Waals surface area contributed by atoms with Gasteiger partial charge < -0.3 is 5.32 Å². The smallest absolute Gasteiger partial charge is 0.254 e. The van der Waals surface area contributed by atoms with E-state index >= 15 is 0 Å². The molecule has 0 radical (unpaired) electrons. The molecule has 1 aliphatic rings. The number of rotatable bonds is 0. The van der Waals surface area contributed by atoms with Crippen LogP contribution in [0.2, 0.25) is 0 Å². The summed E-state index contributed by atoms with van der Waals surface area (Å²) in [4.78, 5) is 14.9. The van der Waals surface area contributed by atoms with Crippen LogP contribution in [0.5, 0.6) is 0 Å². The van der Waals surface area contributed by atoms with Crippen LogP contribution < -0.4 is 5.32 Å². The minimum atomic E-state index is -0.199. The summed E-state index contributed by atoms with van der Waals surface area (Å²) in [5.74, 6) is -0.199. The Morgan fingerprint density at radius 1 is 1.67 bits per heavy atom. The van der Waals surface area contributed by atoms with Crippen molar-refractivity contribution in [2.24, 2.45) is 0 Å². The molecule has 2 rings (SSSR count). The maximum atomic E-state index is 11.1. The number of aromatic nitrogens is 1. The molecule has 0 aromatic carbocycles. The number of fused-ring (bicyclic) bond motifs is 1. The molecule has 1 aromatic rings. The fraction of sp³-hybridized carbons (Fsp3) is 0.125. The van der Waals surface area contributed by atoms with Crippen molar-refractivity contribution < 1.29 is 4.79 Å². The van der Waals surface area contributed by atoms with Gasteiger partial charge in [-0.15, -0.1) is 0 Å². The molecule has 4 heteroatoms. The third-order valence-electron chi connectivity index (χ3n) is 1.81. The Bertz CT molecular complexity index is 392. The first-order chi connectivity index (χ1) is 5.83. The number of hydrogen-bond donors (Lipinski definition) is 1. The number of amides is 1. The molecule has 2 heterocycles. The number of nitrogens with zero attached hydrogens (tertiary/aromatic N) is 2. The Labute approximate surface area is 68.8 Å². The Hall–Kier alpha value is -1.89. The van der Waals surface area contributed by atoms with Crippen molar-refractivity contribution >= 4 is 5.91 Å². The number of hydrogen-bond acceptors (Lipinski definition) is 3. The van der Waals surface area contributed by atoms with Crippen molar-refractivity contribution in [1.82, 2.24) is 10.3 Å².